The van der Waals surface area contributed by atoms with Crippen molar-refractivity contribution in [3.05, 3.63) is 71.3 Å². The Balaban J connectivity index is 1.56. The summed E-state index contributed by atoms with van der Waals surface area (Å²) in [5.74, 6) is -1.85. The second-order valence-corrected chi connectivity index (χ2v) is 8.01. The molecule has 3 rings (SSSR count). The molecule has 0 aromatic heterocycles. The molecule has 0 radical (unpaired) electrons. The smallest absolute Gasteiger partial charge is 0.244 e. The molecule has 0 unspecified atom stereocenters. The normalized spacial score (nSPS) is 14.4. The molecule has 2 aromatic carbocycles. The lowest BCUT2D eigenvalue weighted by Gasteiger charge is -2.05. The van der Waals surface area contributed by atoms with Crippen molar-refractivity contribution in [1.29, 1.82) is 0 Å². The summed E-state index contributed by atoms with van der Waals surface area (Å²) < 4.78 is 53.0. The average Bonchev–Trinajstić information content (AvgIpc) is 3.41. The molecule has 1 saturated carbocycles. The van der Waals surface area contributed by atoms with E-state index >= 15 is 0 Å². The molecule has 1 aliphatic carbocycles. The summed E-state index contributed by atoms with van der Waals surface area (Å²) >= 11 is 0. The van der Waals surface area contributed by atoms with Crippen LogP contribution in [0.4, 0.5) is 8.78 Å². The highest BCUT2D eigenvalue weighted by atomic mass is 32.2. The zero-order chi connectivity index (χ0) is 19.4. The van der Waals surface area contributed by atoms with Crippen molar-refractivity contribution in [2.75, 3.05) is 0 Å². The third-order valence-electron chi connectivity index (χ3n) is 3.91. The molecule has 2 aromatic rings. The van der Waals surface area contributed by atoms with E-state index in [0.717, 1.165) is 31.0 Å². The van der Waals surface area contributed by atoms with Crippen LogP contribution in [0.3, 0.4) is 0 Å². The van der Waals surface area contributed by atoms with Gasteiger partial charge in [-0.15, -0.1) is 0 Å². The van der Waals surface area contributed by atoms with E-state index in [9.17, 15) is 22.0 Å². The number of carbonyl (C=O) groups is 1. The lowest BCUT2D eigenvalue weighted by molar-refractivity contribution is -0.116. The van der Waals surface area contributed by atoms with Gasteiger partial charge in [0.05, 0.1) is 4.90 Å². The monoisotopic (exact) mass is 392 g/mol. The fraction of sp³-hybridized carbons (Fsp3) is 0.211. The fourth-order valence-electron chi connectivity index (χ4n) is 2.38. The topological polar surface area (TPSA) is 75.3 Å². The summed E-state index contributed by atoms with van der Waals surface area (Å²) in [6.45, 7) is -0.0120. The Morgan fingerprint density at radius 2 is 1.70 bits per heavy atom. The van der Waals surface area contributed by atoms with Gasteiger partial charge in [0.2, 0.25) is 15.9 Å². The highest BCUT2D eigenvalue weighted by Crippen LogP contribution is 2.22. The van der Waals surface area contributed by atoms with Gasteiger partial charge in [0.15, 0.2) is 0 Å². The molecule has 0 aliphatic heterocycles. The Kier molecular flexibility index (Phi) is 5.67. The summed E-state index contributed by atoms with van der Waals surface area (Å²) in [6, 6.07) is 9.19. The summed E-state index contributed by atoms with van der Waals surface area (Å²) in [6.07, 6.45) is 4.50. The van der Waals surface area contributed by atoms with Gasteiger partial charge < -0.3 is 5.32 Å². The van der Waals surface area contributed by atoms with Crippen LogP contribution < -0.4 is 10.0 Å². The highest BCUT2D eigenvalue weighted by molar-refractivity contribution is 7.89. The van der Waals surface area contributed by atoms with E-state index in [1.165, 1.54) is 24.3 Å². The maximum atomic E-state index is 13.1. The average molecular weight is 392 g/mol. The molecule has 0 spiro atoms. The van der Waals surface area contributed by atoms with Gasteiger partial charge in [-0.2, -0.15) is 0 Å². The molecule has 5 nitrogen and oxygen atoms in total. The van der Waals surface area contributed by atoms with Crippen LogP contribution in [0.2, 0.25) is 0 Å². The minimum atomic E-state index is -3.51. The molecule has 1 amide bonds. The van der Waals surface area contributed by atoms with Gasteiger partial charge in [-0.25, -0.2) is 21.9 Å². The van der Waals surface area contributed by atoms with Crippen molar-refractivity contribution in [2.24, 2.45) is 0 Å². The van der Waals surface area contributed by atoms with E-state index in [4.69, 9.17) is 0 Å². The molecule has 142 valence electrons. The number of sulfonamides is 1. The first kappa shape index (κ1) is 19.2. The largest absolute Gasteiger partial charge is 0.348 e. The van der Waals surface area contributed by atoms with E-state index in [1.54, 1.807) is 12.1 Å². The zero-order valence-electron chi connectivity index (χ0n) is 14.3. The number of nitrogens with one attached hydrogen (secondary N) is 2. The summed E-state index contributed by atoms with van der Waals surface area (Å²) in [5.41, 5.74) is 0.958. The third kappa shape index (κ3) is 5.70. The lowest BCUT2D eigenvalue weighted by atomic mass is 10.2. The molecule has 1 fully saturated rings. The number of rotatable bonds is 7. The van der Waals surface area contributed by atoms with Gasteiger partial charge in [0, 0.05) is 24.7 Å². The number of carbonyl (C=O) groups excluding carboxylic acids is 1. The van der Waals surface area contributed by atoms with Crippen LogP contribution in [-0.4, -0.2) is 20.4 Å². The zero-order valence-corrected chi connectivity index (χ0v) is 15.1. The van der Waals surface area contributed by atoms with Crippen LogP contribution in [0.25, 0.3) is 6.08 Å². The van der Waals surface area contributed by atoms with Crippen LogP contribution in [0, 0.1) is 11.6 Å². The third-order valence-corrected chi connectivity index (χ3v) is 5.44. The van der Waals surface area contributed by atoms with Crippen molar-refractivity contribution >= 4 is 22.0 Å². The molecule has 27 heavy (non-hydrogen) atoms. The van der Waals surface area contributed by atoms with Crippen LogP contribution in [-0.2, 0) is 21.4 Å². The van der Waals surface area contributed by atoms with Gasteiger partial charge in [0.1, 0.15) is 11.6 Å². The molecule has 1 aliphatic rings. The van der Waals surface area contributed by atoms with Gasteiger partial charge in [-0.05, 0) is 54.3 Å². The van der Waals surface area contributed by atoms with E-state index in [-0.39, 0.29) is 17.5 Å². The predicted octanol–water partition coefficient (Wildman–Crippen LogP) is 2.74. The molecule has 0 saturated heterocycles. The first-order valence-corrected chi connectivity index (χ1v) is 9.83. The Labute approximate surface area is 156 Å². The quantitative estimate of drug-likeness (QED) is 0.712. The van der Waals surface area contributed by atoms with E-state index in [1.807, 2.05) is 0 Å². The summed E-state index contributed by atoms with van der Waals surface area (Å²) in [4.78, 5) is 12.0. The Hall–Kier alpha value is -2.58. The summed E-state index contributed by atoms with van der Waals surface area (Å²) in [5, 5.41) is 2.52. The minimum Gasteiger partial charge on any atom is -0.348 e. The Bertz CT molecular complexity index is 949. The first-order chi connectivity index (χ1) is 12.8. The van der Waals surface area contributed by atoms with E-state index in [2.05, 4.69) is 10.0 Å². The van der Waals surface area contributed by atoms with Crippen LogP contribution >= 0.6 is 0 Å². The minimum absolute atomic E-state index is 0.0120. The molecule has 2 N–H and O–H groups in total. The standard InChI is InChI=1S/C19H18F2N2O3S/c20-15-9-14(10-16(21)11-15)12-22-19(24)8-3-13-1-6-18(7-2-13)27(25,26)23-17-4-5-17/h1-3,6-11,17,23H,4-5,12H2,(H,22,24)/b8-3+. The van der Waals surface area contributed by atoms with Gasteiger partial charge in [-0.3, -0.25) is 4.79 Å². The van der Waals surface area contributed by atoms with Crippen molar-refractivity contribution in [1.82, 2.24) is 10.0 Å². The van der Waals surface area contributed by atoms with Crippen molar-refractivity contribution in [2.45, 2.75) is 30.3 Å². The molecule has 0 atom stereocenters. The predicted molar refractivity (Wildman–Crippen MR) is 97.0 cm³/mol. The number of halogens is 2. The second kappa shape index (κ2) is 7.98. The maximum absolute atomic E-state index is 13.1. The van der Waals surface area contributed by atoms with Gasteiger partial charge >= 0.3 is 0 Å². The molecule has 8 heteroatoms. The molecular formula is C19H18F2N2O3S. The maximum Gasteiger partial charge on any atom is 0.244 e. The second-order valence-electron chi connectivity index (χ2n) is 6.29. The van der Waals surface area contributed by atoms with Crippen LogP contribution in [0.1, 0.15) is 24.0 Å². The van der Waals surface area contributed by atoms with Crippen molar-refractivity contribution < 1.29 is 22.0 Å². The van der Waals surface area contributed by atoms with E-state index in [0.29, 0.717) is 11.1 Å². The highest BCUT2D eigenvalue weighted by Gasteiger charge is 2.27. The number of hydrogen-bond acceptors (Lipinski definition) is 3. The SMILES string of the molecule is O=C(/C=C/c1ccc(S(=O)(=O)NC2CC2)cc1)NCc1cc(F)cc(F)c1. The van der Waals surface area contributed by atoms with Crippen LogP contribution in [0.5, 0.6) is 0 Å². The Morgan fingerprint density at radius 3 is 2.30 bits per heavy atom. The van der Waals surface area contributed by atoms with Gasteiger partial charge in [0.25, 0.3) is 0 Å². The fourth-order valence-corrected chi connectivity index (χ4v) is 3.68. The molecule has 0 bridgehead atoms. The lowest BCUT2D eigenvalue weighted by Crippen LogP contribution is -2.25. The van der Waals surface area contributed by atoms with E-state index < -0.39 is 27.6 Å². The van der Waals surface area contributed by atoms with Crippen molar-refractivity contribution in [3.63, 3.8) is 0 Å². The van der Waals surface area contributed by atoms with Crippen molar-refractivity contribution in [3.8, 4) is 0 Å². The molecular weight excluding hydrogens is 374 g/mol. The summed E-state index contributed by atoms with van der Waals surface area (Å²) in [7, 11) is -3.51. The number of hydrogen-bond donors (Lipinski definition) is 2. The van der Waals surface area contributed by atoms with Gasteiger partial charge in [-0.1, -0.05) is 12.1 Å². The Morgan fingerprint density at radius 1 is 1.07 bits per heavy atom. The molecule has 0 heterocycles. The number of amides is 1. The first-order valence-electron chi connectivity index (χ1n) is 8.35. The number of benzene rings is 2. The van der Waals surface area contributed by atoms with Crippen LogP contribution in [0.15, 0.2) is 53.4 Å².